The fourth-order valence-corrected chi connectivity index (χ4v) is 5.26. The molecule has 0 aliphatic carbocycles. The second-order valence-electron chi connectivity index (χ2n) is 11.1. The van der Waals surface area contributed by atoms with Crippen molar-refractivity contribution in [2.24, 2.45) is 17.6 Å². The molecule has 1 heterocycles. The topological polar surface area (TPSA) is 32.5 Å². The van der Waals surface area contributed by atoms with Crippen LogP contribution in [0.4, 0.5) is 5.69 Å². The third kappa shape index (κ3) is 8.91. The van der Waals surface area contributed by atoms with Crippen LogP contribution < -0.4 is 10.6 Å². The molecule has 4 heteroatoms. The largest absolute Gasteiger partial charge is 0.368 e. The number of hydrogen-bond donors (Lipinski definition) is 1. The summed E-state index contributed by atoms with van der Waals surface area (Å²) in [5, 5.41) is 0.804. The number of likely N-dealkylation sites (tertiary alicyclic amines) is 1. The molecule has 1 atom stereocenters. The summed E-state index contributed by atoms with van der Waals surface area (Å²) in [6, 6.07) is 18.5. The molecule has 34 heavy (non-hydrogen) atoms. The van der Waals surface area contributed by atoms with Gasteiger partial charge in [0.05, 0.1) is 0 Å². The summed E-state index contributed by atoms with van der Waals surface area (Å²) in [7, 11) is 0. The average molecular weight is 484 g/mol. The highest BCUT2D eigenvalue weighted by Gasteiger charge is 2.26. The van der Waals surface area contributed by atoms with Crippen LogP contribution in [0.1, 0.15) is 64.5 Å². The van der Waals surface area contributed by atoms with Crippen LogP contribution in [-0.4, -0.2) is 43.2 Å². The van der Waals surface area contributed by atoms with Gasteiger partial charge in [-0.15, -0.1) is 0 Å². The van der Waals surface area contributed by atoms with Crippen molar-refractivity contribution in [3.63, 3.8) is 0 Å². The summed E-state index contributed by atoms with van der Waals surface area (Å²) in [5.41, 5.74) is 10.5. The Hall–Kier alpha value is -1.55. The minimum atomic E-state index is 0.300. The Morgan fingerprint density at radius 2 is 1.44 bits per heavy atom. The first-order chi connectivity index (χ1) is 16.3. The second kappa shape index (κ2) is 13.5. The number of nitrogens with two attached hydrogens (primary N) is 1. The van der Waals surface area contributed by atoms with Gasteiger partial charge in [0.15, 0.2) is 0 Å². The third-order valence-electron chi connectivity index (χ3n) is 7.10. The zero-order chi connectivity index (χ0) is 24.5. The van der Waals surface area contributed by atoms with E-state index in [4.69, 9.17) is 17.3 Å². The highest BCUT2D eigenvalue weighted by Crippen LogP contribution is 2.26. The molecule has 2 aromatic rings. The molecule has 0 amide bonds. The van der Waals surface area contributed by atoms with E-state index in [2.05, 4.69) is 73.9 Å². The molecule has 0 unspecified atom stereocenters. The molecule has 0 bridgehead atoms. The van der Waals surface area contributed by atoms with E-state index >= 15 is 0 Å². The van der Waals surface area contributed by atoms with Gasteiger partial charge in [0, 0.05) is 49.0 Å². The van der Waals surface area contributed by atoms with Gasteiger partial charge in [0.25, 0.3) is 0 Å². The van der Waals surface area contributed by atoms with Gasteiger partial charge in [-0.25, -0.2) is 0 Å². The van der Waals surface area contributed by atoms with Gasteiger partial charge in [-0.3, -0.25) is 0 Å². The first-order valence-electron chi connectivity index (χ1n) is 13.4. The summed E-state index contributed by atoms with van der Waals surface area (Å²) in [6.07, 6.45) is 6.91. The second-order valence-corrected chi connectivity index (χ2v) is 11.5. The summed E-state index contributed by atoms with van der Waals surface area (Å²) >= 11 is 6.02. The Kier molecular flexibility index (Phi) is 10.8. The van der Waals surface area contributed by atoms with E-state index in [1.165, 1.54) is 36.1 Å². The van der Waals surface area contributed by atoms with E-state index in [9.17, 15) is 0 Å². The number of anilines is 1. The van der Waals surface area contributed by atoms with Crippen molar-refractivity contribution in [3.8, 4) is 0 Å². The maximum atomic E-state index is 6.40. The zero-order valence-corrected chi connectivity index (χ0v) is 22.6. The molecule has 2 N–H and O–H groups in total. The molecule has 0 radical (unpaired) electrons. The standard InChI is InChI=1S/C30H46ClN3/c1-23(2)15-20-34(30-16-18-33(19-17-30)22-28(32)21-24(3)4)29-13-9-26(10-14-29)6-5-25-7-11-27(31)12-8-25/h7-14,23-24,28,30H,5-6,15-22,32H2,1-4H3/t28-/m1/s1. The normalized spacial score (nSPS) is 16.4. The first-order valence-corrected chi connectivity index (χ1v) is 13.8. The van der Waals surface area contributed by atoms with Crippen LogP contribution in [0.5, 0.6) is 0 Å². The lowest BCUT2D eigenvalue weighted by atomic mass is 9.98. The number of halogens is 1. The molecule has 0 saturated carbocycles. The predicted octanol–water partition coefficient (Wildman–Crippen LogP) is 6.82. The predicted molar refractivity (Wildman–Crippen MR) is 149 cm³/mol. The van der Waals surface area contributed by atoms with Crippen molar-refractivity contribution in [1.82, 2.24) is 4.90 Å². The highest BCUT2D eigenvalue weighted by molar-refractivity contribution is 6.30. The molecule has 2 aromatic carbocycles. The van der Waals surface area contributed by atoms with E-state index in [1.54, 1.807) is 0 Å². The Morgan fingerprint density at radius 3 is 1.97 bits per heavy atom. The Bertz CT molecular complexity index is 823. The van der Waals surface area contributed by atoms with Gasteiger partial charge in [-0.05, 0) is 85.8 Å². The molecular weight excluding hydrogens is 438 g/mol. The number of piperidine rings is 1. The Labute approximate surface area is 213 Å². The quantitative estimate of drug-likeness (QED) is 0.359. The van der Waals surface area contributed by atoms with Crippen LogP contribution in [0.25, 0.3) is 0 Å². The van der Waals surface area contributed by atoms with E-state index in [0.717, 1.165) is 56.4 Å². The fourth-order valence-electron chi connectivity index (χ4n) is 5.14. The summed E-state index contributed by atoms with van der Waals surface area (Å²) in [6.45, 7) is 13.7. The van der Waals surface area contributed by atoms with E-state index in [1.807, 2.05) is 12.1 Å². The molecule has 1 aliphatic rings. The molecule has 0 spiro atoms. The number of nitrogens with zero attached hydrogens (tertiary/aromatic N) is 2. The van der Waals surface area contributed by atoms with Crippen molar-refractivity contribution >= 4 is 17.3 Å². The summed E-state index contributed by atoms with van der Waals surface area (Å²) in [4.78, 5) is 5.28. The molecule has 188 valence electrons. The van der Waals surface area contributed by atoms with Crippen LogP contribution in [0.15, 0.2) is 48.5 Å². The van der Waals surface area contributed by atoms with Gasteiger partial charge >= 0.3 is 0 Å². The minimum Gasteiger partial charge on any atom is -0.368 e. The van der Waals surface area contributed by atoms with Gasteiger partial charge in [-0.1, -0.05) is 63.6 Å². The maximum absolute atomic E-state index is 6.40. The molecule has 3 rings (SSSR count). The van der Waals surface area contributed by atoms with Crippen molar-refractivity contribution < 1.29 is 0 Å². The molecule has 1 aliphatic heterocycles. The van der Waals surface area contributed by atoms with Crippen molar-refractivity contribution in [3.05, 3.63) is 64.7 Å². The number of hydrogen-bond acceptors (Lipinski definition) is 3. The zero-order valence-electron chi connectivity index (χ0n) is 21.8. The lowest BCUT2D eigenvalue weighted by molar-refractivity contribution is 0.191. The first kappa shape index (κ1) is 27.0. The monoisotopic (exact) mass is 483 g/mol. The van der Waals surface area contributed by atoms with Crippen molar-refractivity contribution in [2.75, 3.05) is 31.1 Å². The molecule has 1 fully saturated rings. The smallest absolute Gasteiger partial charge is 0.0406 e. The van der Waals surface area contributed by atoms with Crippen LogP contribution >= 0.6 is 11.6 Å². The fraction of sp³-hybridized carbons (Fsp3) is 0.600. The molecular formula is C30H46ClN3. The maximum Gasteiger partial charge on any atom is 0.0406 e. The van der Waals surface area contributed by atoms with Crippen LogP contribution in [0.3, 0.4) is 0 Å². The highest BCUT2D eigenvalue weighted by atomic mass is 35.5. The number of benzene rings is 2. The summed E-state index contributed by atoms with van der Waals surface area (Å²) < 4.78 is 0. The SMILES string of the molecule is CC(C)CCN(c1ccc(CCc2ccc(Cl)cc2)cc1)C1CCN(C[C@H](N)CC(C)C)CC1. The van der Waals surface area contributed by atoms with Crippen LogP contribution in [0.2, 0.25) is 5.02 Å². The third-order valence-corrected chi connectivity index (χ3v) is 7.35. The van der Waals surface area contributed by atoms with Crippen LogP contribution in [0, 0.1) is 11.8 Å². The summed E-state index contributed by atoms with van der Waals surface area (Å²) in [5.74, 6) is 1.39. The Morgan fingerprint density at radius 1 is 0.882 bits per heavy atom. The molecule has 1 saturated heterocycles. The van der Waals surface area contributed by atoms with Crippen molar-refractivity contribution in [1.29, 1.82) is 0 Å². The van der Waals surface area contributed by atoms with Crippen LogP contribution in [-0.2, 0) is 12.8 Å². The lowest BCUT2D eigenvalue weighted by Gasteiger charge is -2.41. The van der Waals surface area contributed by atoms with E-state index < -0.39 is 0 Å². The van der Waals surface area contributed by atoms with E-state index in [-0.39, 0.29) is 0 Å². The Balaban J connectivity index is 1.58. The number of aryl methyl sites for hydroxylation is 2. The lowest BCUT2D eigenvalue weighted by Crippen LogP contribution is -2.48. The van der Waals surface area contributed by atoms with Gasteiger partial charge in [0.2, 0.25) is 0 Å². The molecule has 3 nitrogen and oxygen atoms in total. The van der Waals surface area contributed by atoms with Gasteiger partial charge in [0.1, 0.15) is 0 Å². The number of rotatable bonds is 12. The average Bonchev–Trinajstić information content (AvgIpc) is 2.80. The molecule has 0 aromatic heterocycles. The van der Waals surface area contributed by atoms with Gasteiger partial charge in [-0.2, -0.15) is 0 Å². The van der Waals surface area contributed by atoms with E-state index in [0.29, 0.717) is 18.0 Å². The minimum absolute atomic E-state index is 0.300. The van der Waals surface area contributed by atoms with Crippen molar-refractivity contribution in [2.45, 2.75) is 78.3 Å². The van der Waals surface area contributed by atoms with Gasteiger partial charge < -0.3 is 15.5 Å².